The summed E-state index contributed by atoms with van der Waals surface area (Å²) in [7, 11) is 1.54. The molecule has 0 radical (unpaired) electrons. The first-order valence-corrected chi connectivity index (χ1v) is 11.3. The Balaban J connectivity index is 1.65. The number of methoxy groups -OCH3 is 1. The van der Waals surface area contributed by atoms with E-state index in [4.69, 9.17) is 9.47 Å². The number of aromatic nitrogens is 3. The van der Waals surface area contributed by atoms with Gasteiger partial charge in [0.15, 0.2) is 10.8 Å². The largest absolute Gasteiger partial charge is 0.495 e. The zero-order valence-electron chi connectivity index (χ0n) is 18.1. The lowest BCUT2D eigenvalue weighted by Gasteiger charge is -2.14. The lowest BCUT2D eigenvalue weighted by molar-refractivity contribution is -0.113. The minimum absolute atomic E-state index is 0.0415. The molecule has 0 aliphatic heterocycles. The summed E-state index contributed by atoms with van der Waals surface area (Å²) in [6.07, 6.45) is 1.58. The van der Waals surface area contributed by atoms with Crippen LogP contribution in [0.1, 0.15) is 6.92 Å². The van der Waals surface area contributed by atoms with Crippen LogP contribution in [0.4, 0.5) is 5.69 Å². The van der Waals surface area contributed by atoms with Gasteiger partial charge in [0, 0.05) is 6.20 Å². The average molecular weight is 463 g/mol. The molecule has 0 spiro atoms. The highest BCUT2D eigenvalue weighted by atomic mass is 32.2. The fourth-order valence-corrected chi connectivity index (χ4v) is 4.05. The van der Waals surface area contributed by atoms with Crippen molar-refractivity contribution in [3.63, 3.8) is 0 Å². The Morgan fingerprint density at radius 1 is 1.09 bits per heavy atom. The smallest absolute Gasteiger partial charge is 0.268 e. The van der Waals surface area contributed by atoms with Gasteiger partial charge in [0.2, 0.25) is 5.91 Å². The van der Waals surface area contributed by atoms with Crippen LogP contribution in [0.25, 0.3) is 16.7 Å². The van der Waals surface area contributed by atoms with E-state index in [1.807, 2.05) is 19.1 Å². The van der Waals surface area contributed by atoms with Gasteiger partial charge in [-0.05, 0) is 55.5 Å². The van der Waals surface area contributed by atoms with E-state index in [-0.39, 0.29) is 17.2 Å². The lowest BCUT2D eigenvalue weighted by Crippen LogP contribution is -2.23. The Morgan fingerprint density at radius 3 is 2.64 bits per heavy atom. The maximum atomic E-state index is 13.3. The zero-order valence-corrected chi connectivity index (χ0v) is 19.0. The van der Waals surface area contributed by atoms with Crippen molar-refractivity contribution in [3.05, 3.63) is 77.2 Å². The average Bonchev–Trinajstić information content (AvgIpc) is 2.84. The van der Waals surface area contributed by atoms with Crippen molar-refractivity contribution in [2.45, 2.75) is 12.1 Å². The number of thioether (sulfide) groups is 1. The van der Waals surface area contributed by atoms with E-state index in [0.717, 1.165) is 11.8 Å². The van der Waals surface area contributed by atoms with Gasteiger partial charge in [-0.15, -0.1) is 0 Å². The van der Waals surface area contributed by atoms with Gasteiger partial charge in [-0.3, -0.25) is 14.2 Å². The molecule has 9 heteroatoms. The molecule has 168 valence electrons. The normalized spacial score (nSPS) is 10.7. The molecule has 0 atom stereocenters. The van der Waals surface area contributed by atoms with Crippen molar-refractivity contribution in [1.82, 2.24) is 14.5 Å². The number of ether oxygens (including phenoxy) is 2. The molecule has 0 unspecified atom stereocenters. The molecular formula is C24H22N4O4S. The minimum Gasteiger partial charge on any atom is -0.495 e. The number of anilines is 1. The fraction of sp³-hybridized carbons (Fsp3) is 0.167. The monoisotopic (exact) mass is 462 g/mol. The van der Waals surface area contributed by atoms with E-state index >= 15 is 0 Å². The third kappa shape index (κ3) is 4.98. The van der Waals surface area contributed by atoms with Crippen molar-refractivity contribution in [2.75, 3.05) is 24.8 Å². The first-order chi connectivity index (χ1) is 16.1. The minimum atomic E-state index is -0.259. The second-order valence-corrected chi connectivity index (χ2v) is 7.82. The van der Waals surface area contributed by atoms with Crippen molar-refractivity contribution < 1.29 is 14.3 Å². The van der Waals surface area contributed by atoms with Gasteiger partial charge in [0.05, 0.1) is 36.2 Å². The van der Waals surface area contributed by atoms with Crippen LogP contribution < -0.4 is 20.3 Å². The summed E-state index contributed by atoms with van der Waals surface area (Å²) < 4.78 is 12.3. The van der Waals surface area contributed by atoms with Crippen LogP contribution >= 0.6 is 11.8 Å². The van der Waals surface area contributed by atoms with Crippen LogP contribution in [-0.4, -0.2) is 39.9 Å². The predicted octanol–water partition coefficient (Wildman–Crippen LogP) is 3.92. The van der Waals surface area contributed by atoms with Crippen LogP contribution in [0.2, 0.25) is 0 Å². The predicted molar refractivity (Wildman–Crippen MR) is 129 cm³/mol. The van der Waals surface area contributed by atoms with E-state index in [9.17, 15) is 9.59 Å². The molecule has 0 bridgehead atoms. The van der Waals surface area contributed by atoms with Gasteiger partial charge in [-0.1, -0.05) is 23.9 Å². The molecule has 0 aliphatic carbocycles. The quantitative estimate of drug-likeness (QED) is 0.313. The molecule has 1 amide bonds. The van der Waals surface area contributed by atoms with Gasteiger partial charge in [0.25, 0.3) is 5.56 Å². The summed E-state index contributed by atoms with van der Waals surface area (Å²) in [5.74, 6) is 1.06. The van der Waals surface area contributed by atoms with E-state index in [2.05, 4.69) is 15.3 Å². The maximum absolute atomic E-state index is 13.3. The van der Waals surface area contributed by atoms with Gasteiger partial charge in [0.1, 0.15) is 11.5 Å². The summed E-state index contributed by atoms with van der Waals surface area (Å²) in [5, 5.41) is 3.60. The number of fused-ring (bicyclic) bond motifs is 1. The first kappa shape index (κ1) is 22.3. The zero-order chi connectivity index (χ0) is 23.2. The summed E-state index contributed by atoms with van der Waals surface area (Å²) in [4.78, 5) is 34.7. The molecule has 0 fully saturated rings. The van der Waals surface area contributed by atoms with E-state index in [0.29, 0.717) is 45.7 Å². The molecule has 33 heavy (non-hydrogen) atoms. The van der Waals surface area contributed by atoms with E-state index in [1.54, 1.807) is 61.8 Å². The van der Waals surface area contributed by atoms with Gasteiger partial charge in [-0.25, -0.2) is 9.97 Å². The molecule has 0 saturated carbocycles. The number of nitrogens with one attached hydrogen (secondary N) is 1. The number of carbonyl (C=O) groups is 1. The standard InChI is InChI=1S/C24H22N4O4S/c1-3-32-17-12-10-16(11-13-17)28-23(30)18-7-6-14-25-22(18)27-24(28)33-15-21(29)26-19-8-4-5-9-20(19)31-2/h4-14H,3,15H2,1-2H3,(H,26,29). The summed E-state index contributed by atoms with van der Waals surface area (Å²) in [6.45, 7) is 2.45. The Hall–Kier alpha value is -3.85. The number of amides is 1. The highest BCUT2D eigenvalue weighted by Crippen LogP contribution is 2.25. The number of benzene rings is 2. The Kier molecular flexibility index (Phi) is 6.89. The van der Waals surface area contributed by atoms with E-state index < -0.39 is 0 Å². The third-order valence-corrected chi connectivity index (χ3v) is 5.67. The summed E-state index contributed by atoms with van der Waals surface area (Å²) in [6, 6.07) is 17.7. The molecule has 2 heterocycles. The van der Waals surface area contributed by atoms with Crippen molar-refractivity contribution >= 4 is 34.4 Å². The lowest BCUT2D eigenvalue weighted by atomic mass is 10.3. The number of hydrogen-bond donors (Lipinski definition) is 1. The number of carbonyl (C=O) groups excluding carboxylic acids is 1. The number of nitrogens with zero attached hydrogens (tertiary/aromatic N) is 3. The number of rotatable bonds is 8. The molecule has 0 aliphatic rings. The van der Waals surface area contributed by atoms with Crippen molar-refractivity contribution in [3.8, 4) is 17.2 Å². The molecule has 1 N–H and O–H groups in total. The number of pyridine rings is 1. The van der Waals surface area contributed by atoms with Crippen LogP contribution in [0.5, 0.6) is 11.5 Å². The number of hydrogen-bond acceptors (Lipinski definition) is 7. The molecule has 0 saturated heterocycles. The van der Waals surface area contributed by atoms with Crippen LogP contribution in [-0.2, 0) is 4.79 Å². The van der Waals surface area contributed by atoms with Gasteiger partial charge in [-0.2, -0.15) is 0 Å². The first-order valence-electron chi connectivity index (χ1n) is 10.3. The topological polar surface area (TPSA) is 95.3 Å². The second kappa shape index (κ2) is 10.2. The molecule has 4 aromatic rings. The van der Waals surface area contributed by atoms with Gasteiger partial charge < -0.3 is 14.8 Å². The highest BCUT2D eigenvalue weighted by Gasteiger charge is 2.16. The SMILES string of the molecule is CCOc1ccc(-n2c(SCC(=O)Nc3ccccc3OC)nc3ncccc3c2=O)cc1. The number of para-hydroxylation sites is 2. The Labute approximate surface area is 194 Å². The van der Waals surface area contributed by atoms with E-state index in [1.165, 1.54) is 4.57 Å². The van der Waals surface area contributed by atoms with Gasteiger partial charge >= 0.3 is 0 Å². The summed E-state index contributed by atoms with van der Waals surface area (Å²) in [5.41, 5.74) is 1.26. The Bertz CT molecular complexity index is 1340. The molecule has 8 nitrogen and oxygen atoms in total. The molecule has 4 rings (SSSR count). The summed E-state index contributed by atoms with van der Waals surface area (Å²) >= 11 is 1.15. The van der Waals surface area contributed by atoms with Crippen LogP contribution in [0.3, 0.4) is 0 Å². The highest BCUT2D eigenvalue weighted by molar-refractivity contribution is 7.99. The third-order valence-electron chi connectivity index (χ3n) is 4.73. The van der Waals surface area contributed by atoms with Crippen molar-refractivity contribution in [2.24, 2.45) is 0 Å². The van der Waals surface area contributed by atoms with Crippen molar-refractivity contribution in [1.29, 1.82) is 0 Å². The maximum Gasteiger partial charge on any atom is 0.268 e. The molecule has 2 aromatic heterocycles. The van der Waals surface area contributed by atoms with Crippen LogP contribution in [0, 0.1) is 0 Å². The molecule has 2 aromatic carbocycles. The Morgan fingerprint density at radius 2 is 1.88 bits per heavy atom. The fourth-order valence-electron chi connectivity index (χ4n) is 3.25. The second-order valence-electron chi connectivity index (χ2n) is 6.87. The van der Waals surface area contributed by atoms with Crippen LogP contribution in [0.15, 0.2) is 76.8 Å². The molecular weight excluding hydrogens is 440 g/mol.